The fraction of sp³-hybridized carbons (Fsp3) is 0.696. The van der Waals surface area contributed by atoms with E-state index in [2.05, 4.69) is 13.8 Å². The molecule has 0 amide bonds. The lowest BCUT2D eigenvalue weighted by Gasteiger charge is -2.19. The van der Waals surface area contributed by atoms with Gasteiger partial charge in [-0.1, -0.05) is 77.3 Å². The first kappa shape index (κ1) is 22.5. The van der Waals surface area contributed by atoms with Crippen molar-refractivity contribution < 1.29 is 14.3 Å². The van der Waals surface area contributed by atoms with E-state index in [-0.39, 0.29) is 12.1 Å². The molecular formula is C23H38O3. The van der Waals surface area contributed by atoms with Crippen LogP contribution in [0.2, 0.25) is 0 Å². The van der Waals surface area contributed by atoms with Gasteiger partial charge in [0.2, 0.25) is 0 Å². The maximum Gasteiger partial charge on any atom is 0.342 e. The van der Waals surface area contributed by atoms with Crippen molar-refractivity contribution in [2.75, 3.05) is 7.11 Å². The molecule has 0 saturated carbocycles. The summed E-state index contributed by atoms with van der Waals surface area (Å²) < 4.78 is 11.1. The van der Waals surface area contributed by atoms with Gasteiger partial charge in [0.25, 0.3) is 0 Å². The highest BCUT2D eigenvalue weighted by atomic mass is 16.5. The van der Waals surface area contributed by atoms with Gasteiger partial charge in [0, 0.05) is 0 Å². The maximum atomic E-state index is 12.6. The summed E-state index contributed by atoms with van der Waals surface area (Å²) in [7, 11) is 1.59. The Labute approximate surface area is 160 Å². The van der Waals surface area contributed by atoms with E-state index in [0.717, 1.165) is 25.7 Å². The summed E-state index contributed by atoms with van der Waals surface area (Å²) in [5.74, 6) is 0.327. The topological polar surface area (TPSA) is 35.5 Å². The summed E-state index contributed by atoms with van der Waals surface area (Å²) in [4.78, 5) is 12.6. The Bertz CT molecular complexity index is 484. The SMILES string of the molecule is CCCCCCCCCC(CCCCC)OC(=O)c1ccccc1OC. The summed E-state index contributed by atoms with van der Waals surface area (Å²) in [6.07, 6.45) is 14.4. The van der Waals surface area contributed by atoms with E-state index >= 15 is 0 Å². The van der Waals surface area contributed by atoms with Gasteiger partial charge in [0.15, 0.2) is 0 Å². The second kappa shape index (κ2) is 14.6. The van der Waals surface area contributed by atoms with Gasteiger partial charge < -0.3 is 9.47 Å². The summed E-state index contributed by atoms with van der Waals surface area (Å²) in [6.45, 7) is 4.45. The molecule has 1 unspecified atom stereocenters. The molecule has 0 bridgehead atoms. The number of esters is 1. The third-order valence-electron chi connectivity index (χ3n) is 4.86. The van der Waals surface area contributed by atoms with Gasteiger partial charge in [-0.3, -0.25) is 0 Å². The van der Waals surface area contributed by atoms with Crippen molar-refractivity contribution in [2.45, 2.75) is 97.0 Å². The number of ether oxygens (including phenoxy) is 2. The Morgan fingerprint density at radius 3 is 2.04 bits per heavy atom. The number of carbonyl (C=O) groups is 1. The van der Waals surface area contributed by atoms with Gasteiger partial charge in [-0.2, -0.15) is 0 Å². The van der Waals surface area contributed by atoms with Crippen LogP contribution in [0, 0.1) is 0 Å². The molecule has 0 radical (unpaired) electrons. The quantitative estimate of drug-likeness (QED) is 0.250. The van der Waals surface area contributed by atoms with Crippen LogP contribution in [0.5, 0.6) is 5.75 Å². The molecule has 0 heterocycles. The second-order valence-electron chi connectivity index (χ2n) is 7.13. The summed E-state index contributed by atoms with van der Waals surface area (Å²) >= 11 is 0. The van der Waals surface area contributed by atoms with E-state index in [4.69, 9.17) is 9.47 Å². The molecule has 1 rings (SSSR count). The summed E-state index contributed by atoms with van der Waals surface area (Å²) in [5.41, 5.74) is 0.523. The van der Waals surface area contributed by atoms with Crippen LogP contribution < -0.4 is 4.74 Å². The molecule has 1 atom stereocenters. The van der Waals surface area contributed by atoms with E-state index in [9.17, 15) is 4.79 Å². The van der Waals surface area contributed by atoms with Crippen molar-refractivity contribution in [3.8, 4) is 5.75 Å². The van der Waals surface area contributed by atoms with E-state index in [1.54, 1.807) is 19.2 Å². The third kappa shape index (κ3) is 9.26. The largest absolute Gasteiger partial charge is 0.496 e. The van der Waals surface area contributed by atoms with E-state index in [0.29, 0.717) is 11.3 Å². The first-order valence-corrected chi connectivity index (χ1v) is 10.6. The van der Waals surface area contributed by atoms with Gasteiger partial charge >= 0.3 is 5.97 Å². The molecule has 0 spiro atoms. The zero-order chi connectivity index (χ0) is 19.0. The zero-order valence-electron chi connectivity index (χ0n) is 17.1. The first-order chi connectivity index (χ1) is 12.7. The lowest BCUT2D eigenvalue weighted by molar-refractivity contribution is 0.0246. The number of methoxy groups -OCH3 is 1. The Balaban J connectivity index is 2.47. The molecule has 1 aromatic rings. The summed E-state index contributed by atoms with van der Waals surface area (Å²) in [5, 5.41) is 0. The average Bonchev–Trinajstić information content (AvgIpc) is 2.67. The number of hydrogen-bond donors (Lipinski definition) is 0. The number of para-hydroxylation sites is 1. The van der Waals surface area contributed by atoms with Crippen molar-refractivity contribution >= 4 is 5.97 Å². The maximum absolute atomic E-state index is 12.6. The van der Waals surface area contributed by atoms with Crippen LogP contribution in [0.15, 0.2) is 24.3 Å². The molecule has 148 valence electrons. The minimum absolute atomic E-state index is 0.0228. The van der Waals surface area contributed by atoms with Crippen LogP contribution >= 0.6 is 0 Å². The number of benzene rings is 1. The third-order valence-corrected chi connectivity index (χ3v) is 4.86. The molecule has 0 aliphatic carbocycles. The van der Waals surface area contributed by atoms with E-state index in [1.165, 1.54) is 51.4 Å². The summed E-state index contributed by atoms with van der Waals surface area (Å²) in [6, 6.07) is 7.30. The van der Waals surface area contributed by atoms with Crippen molar-refractivity contribution in [3.05, 3.63) is 29.8 Å². The fourth-order valence-corrected chi connectivity index (χ4v) is 3.24. The Kier molecular flexibility index (Phi) is 12.7. The minimum atomic E-state index is -0.258. The van der Waals surface area contributed by atoms with Crippen molar-refractivity contribution in [2.24, 2.45) is 0 Å². The van der Waals surface area contributed by atoms with Crippen molar-refractivity contribution in [1.82, 2.24) is 0 Å². The fourth-order valence-electron chi connectivity index (χ4n) is 3.24. The van der Waals surface area contributed by atoms with Gasteiger partial charge in [0.1, 0.15) is 17.4 Å². The number of carbonyl (C=O) groups excluding carboxylic acids is 1. The Morgan fingerprint density at radius 1 is 0.846 bits per heavy atom. The van der Waals surface area contributed by atoms with Gasteiger partial charge in [0.05, 0.1) is 7.11 Å². The van der Waals surface area contributed by atoms with Crippen LogP contribution in [0.3, 0.4) is 0 Å². The monoisotopic (exact) mass is 362 g/mol. The lowest BCUT2D eigenvalue weighted by atomic mass is 10.0. The number of rotatable bonds is 15. The predicted octanol–water partition coefficient (Wildman–Crippen LogP) is 6.94. The van der Waals surface area contributed by atoms with E-state index < -0.39 is 0 Å². The highest BCUT2D eigenvalue weighted by Gasteiger charge is 2.18. The molecular weight excluding hydrogens is 324 g/mol. The Hall–Kier alpha value is -1.51. The zero-order valence-corrected chi connectivity index (χ0v) is 17.1. The van der Waals surface area contributed by atoms with Gasteiger partial charge in [-0.05, 0) is 37.8 Å². The Morgan fingerprint density at radius 2 is 1.38 bits per heavy atom. The van der Waals surface area contributed by atoms with E-state index in [1.807, 2.05) is 12.1 Å². The molecule has 0 aliphatic rings. The van der Waals surface area contributed by atoms with Crippen molar-refractivity contribution in [3.63, 3.8) is 0 Å². The van der Waals surface area contributed by atoms with Crippen LogP contribution in [0.1, 0.15) is 101 Å². The first-order valence-electron chi connectivity index (χ1n) is 10.6. The molecule has 0 saturated heterocycles. The minimum Gasteiger partial charge on any atom is -0.496 e. The van der Waals surface area contributed by atoms with Gasteiger partial charge in [-0.15, -0.1) is 0 Å². The molecule has 0 fully saturated rings. The van der Waals surface area contributed by atoms with Crippen LogP contribution in [0.4, 0.5) is 0 Å². The average molecular weight is 363 g/mol. The molecule has 1 aromatic carbocycles. The molecule has 3 heteroatoms. The van der Waals surface area contributed by atoms with Crippen LogP contribution in [0.25, 0.3) is 0 Å². The van der Waals surface area contributed by atoms with Gasteiger partial charge in [-0.25, -0.2) is 4.79 Å². The normalized spacial score (nSPS) is 12.0. The number of unbranched alkanes of at least 4 members (excludes halogenated alkanes) is 8. The predicted molar refractivity (Wildman–Crippen MR) is 109 cm³/mol. The second-order valence-corrected chi connectivity index (χ2v) is 7.13. The van der Waals surface area contributed by atoms with Crippen molar-refractivity contribution in [1.29, 1.82) is 0 Å². The highest BCUT2D eigenvalue weighted by Crippen LogP contribution is 2.22. The molecule has 0 aliphatic heterocycles. The molecule has 0 N–H and O–H groups in total. The molecule has 0 aromatic heterocycles. The van der Waals surface area contributed by atoms with Crippen LogP contribution in [-0.4, -0.2) is 19.2 Å². The van der Waals surface area contributed by atoms with Crippen LogP contribution in [-0.2, 0) is 4.74 Å². The standard InChI is InChI=1S/C23H38O3/c1-4-6-8-9-10-11-13-17-20(16-12-7-5-2)26-23(24)21-18-14-15-19-22(21)25-3/h14-15,18-20H,4-13,16-17H2,1-3H3. The lowest BCUT2D eigenvalue weighted by Crippen LogP contribution is -2.19. The highest BCUT2D eigenvalue weighted by molar-refractivity contribution is 5.92. The molecule has 3 nitrogen and oxygen atoms in total. The number of hydrogen-bond acceptors (Lipinski definition) is 3. The smallest absolute Gasteiger partial charge is 0.342 e. The molecule has 26 heavy (non-hydrogen) atoms.